The molecule has 0 aliphatic heterocycles. The van der Waals surface area contributed by atoms with Crippen LogP contribution in [0.4, 0.5) is 4.79 Å². The molecule has 0 aromatic heterocycles. The van der Waals surface area contributed by atoms with Crippen molar-refractivity contribution >= 4 is 6.16 Å². The fourth-order valence-electron chi connectivity index (χ4n) is 1.11. The Kier molecular flexibility index (Phi) is 6.10. The molecular weight excluding hydrogens is 220 g/mol. The van der Waals surface area contributed by atoms with Crippen LogP contribution in [-0.4, -0.2) is 25.5 Å². The number of benzene rings is 1. The Bertz CT molecular complexity index is 323. The third-order valence-corrected chi connectivity index (χ3v) is 2.22. The van der Waals surface area contributed by atoms with Gasteiger partial charge in [-0.1, -0.05) is 25.1 Å². The zero-order chi connectivity index (χ0) is 12.5. The van der Waals surface area contributed by atoms with Crippen LogP contribution in [0.5, 0.6) is 5.75 Å². The van der Waals surface area contributed by atoms with Gasteiger partial charge in [0.1, 0.15) is 12.4 Å². The van der Waals surface area contributed by atoms with E-state index in [4.69, 9.17) is 14.2 Å². The highest BCUT2D eigenvalue weighted by Crippen LogP contribution is 2.08. The lowest BCUT2D eigenvalue weighted by atomic mass is 10.3. The molecule has 1 aromatic carbocycles. The van der Waals surface area contributed by atoms with E-state index in [1.165, 1.54) is 0 Å². The van der Waals surface area contributed by atoms with E-state index in [-0.39, 0.29) is 12.7 Å². The normalized spacial score (nSPS) is 11.9. The number of rotatable bonds is 6. The van der Waals surface area contributed by atoms with Crippen LogP contribution < -0.4 is 4.74 Å². The van der Waals surface area contributed by atoms with Gasteiger partial charge in [0.05, 0.1) is 12.7 Å². The molecule has 4 nitrogen and oxygen atoms in total. The van der Waals surface area contributed by atoms with Crippen molar-refractivity contribution in [1.82, 2.24) is 0 Å². The molecule has 1 rings (SSSR count). The van der Waals surface area contributed by atoms with Gasteiger partial charge in [-0.25, -0.2) is 4.79 Å². The van der Waals surface area contributed by atoms with Crippen LogP contribution in [0.1, 0.15) is 20.3 Å². The highest BCUT2D eigenvalue weighted by Gasteiger charge is 2.05. The molecule has 0 aliphatic carbocycles. The first kappa shape index (κ1) is 13.5. The first-order valence-corrected chi connectivity index (χ1v) is 5.73. The van der Waals surface area contributed by atoms with Gasteiger partial charge in [0.15, 0.2) is 0 Å². The zero-order valence-corrected chi connectivity index (χ0v) is 10.2. The van der Waals surface area contributed by atoms with Gasteiger partial charge in [0, 0.05) is 0 Å². The number of para-hydroxylation sites is 1. The van der Waals surface area contributed by atoms with E-state index in [9.17, 15) is 4.79 Å². The third-order valence-electron chi connectivity index (χ3n) is 2.22. The maximum absolute atomic E-state index is 11.2. The summed E-state index contributed by atoms with van der Waals surface area (Å²) in [5.74, 6) is 0.473. The molecule has 0 spiro atoms. The van der Waals surface area contributed by atoms with Crippen LogP contribution in [0, 0.1) is 0 Å². The molecule has 0 heterocycles. The van der Waals surface area contributed by atoms with Gasteiger partial charge in [0.25, 0.3) is 0 Å². The SMILES string of the molecule is CCC(C)OCCOC(=O)Oc1ccccc1. The summed E-state index contributed by atoms with van der Waals surface area (Å²) in [6, 6.07) is 8.80. The quantitative estimate of drug-likeness (QED) is 0.434. The molecule has 1 aromatic rings. The van der Waals surface area contributed by atoms with Gasteiger partial charge in [0.2, 0.25) is 0 Å². The molecule has 4 heteroatoms. The minimum absolute atomic E-state index is 0.184. The molecule has 0 N–H and O–H groups in total. The van der Waals surface area contributed by atoms with Gasteiger partial charge in [-0.05, 0) is 25.5 Å². The summed E-state index contributed by atoms with van der Waals surface area (Å²) in [4.78, 5) is 11.2. The standard InChI is InChI=1S/C13H18O4/c1-3-11(2)15-9-10-16-13(14)17-12-7-5-4-6-8-12/h4-8,11H,3,9-10H2,1-2H3. The van der Waals surface area contributed by atoms with Crippen LogP contribution in [0.15, 0.2) is 30.3 Å². The van der Waals surface area contributed by atoms with Crippen LogP contribution in [0.25, 0.3) is 0 Å². The van der Waals surface area contributed by atoms with Gasteiger partial charge in [-0.2, -0.15) is 0 Å². The number of hydrogen-bond donors (Lipinski definition) is 0. The largest absolute Gasteiger partial charge is 0.513 e. The molecular formula is C13H18O4. The summed E-state index contributed by atoms with van der Waals surface area (Å²) in [5.41, 5.74) is 0. The van der Waals surface area contributed by atoms with E-state index in [1.807, 2.05) is 19.9 Å². The Morgan fingerprint density at radius 1 is 1.24 bits per heavy atom. The number of carbonyl (C=O) groups is 1. The Hall–Kier alpha value is -1.55. The lowest BCUT2D eigenvalue weighted by Gasteiger charge is -2.10. The molecule has 0 fully saturated rings. The van der Waals surface area contributed by atoms with Crippen LogP contribution in [0.3, 0.4) is 0 Å². The molecule has 0 saturated carbocycles. The van der Waals surface area contributed by atoms with Crippen LogP contribution >= 0.6 is 0 Å². The van der Waals surface area contributed by atoms with Crippen molar-refractivity contribution in [2.75, 3.05) is 13.2 Å². The van der Waals surface area contributed by atoms with Gasteiger partial charge >= 0.3 is 6.16 Å². The van der Waals surface area contributed by atoms with Gasteiger partial charge in [-0.15, -0.1) is 0 Å². The van der Waals surface area contributed by atoms with Crippen LogP contribution in [0.2, 0.25) is 0 Å². The lowest BCUT2D eigenvalue weighted by Crippen LogP contribution is -2.17. The predicted octanol–water partition coefficient (Wildman–Crippen LogP) is 3.02. The van der Waals surface area contributed by atoms with E-state index >= 15 is 0 Å². The van der Waals surface area contributed by atoms with E-state index in [0.29, 0.717) is 12.4 Å². The molecule has 0 amide bonds. The average molecular weight is 238 g/mol. The minimum Gasteiger partial charge on any atom is -0.432 e. The molecule has 0 aliphatic rings. The Balaban J connectivity index is 2.14. The van der Waals surface area contributed by atoms with E-state index < -0.39 is 6.16 Å². The van der Waals surface area contributed by atoms with Crippen molar-refractivity contribution in [2.24, 2.45) is 0 Å². The summed E-state index contributed by atoms with van der Waals surface area (Å²) < 4.78 is 15.1. The van der Waals surface area contributed by atoms with E-state index in [1.54, 1.807) is 24.3 Å². The number of hydrogen-bond acceptors (Lipinski definition) is 4. The van der Waals surface area contributed by atoms with E-state index in [0.717, 1.165) is 6.42 Å². The summed E-state index contributed by atoms with van der Waals surface area (Å²) in [6.45, 7) is 4.60. The first-order chi connectivity index (χ1) is 8.22. The minimum atomic E-state index is -0.705. The lowest BCUT2D eigenvalue weighted by molar-refractivity contribution is 0.0191. The second-order valence-corrected chi connectivity index (χ2v) is 3.60. The average Bonchev–Trinajstić information content (AvgIpc) is 2.35. The fourth-order valence-corrected chi connectivity index (χ4v) is 1.11. The summed E-state index contributed by atoms with van der Waals surface area (Å²) in [7, 11) is 0. The zero-order valence-electron chi connectivity index (χ0n) is 10.2. The second kappa shape index (κ2) is 7.68. The van der Waals surface area contributed by atoms with Gasteiger partial charge < -0.3 is 14.2 Å². The molecule has 1 atom stereocenters. The molecule has 0 bridgehead atoms. The highest BCUT2D eigenvalue weighted by atomic mass is 16.7. The second-order valence-electron chi connectivity index (χ2n) is 3.60. The fraction of sp³-hybridized carbons (Fsp3) is 0.462. The number of ether oxygens (including phenoxy) is 3. The van der Waals surface area contributed by atoms with Crippen molar-refractivity contribution in [3.8, 4) is 5.75 Å². The first-order valence-electron chi connectivity index (χ1n) is 5.73. The maximum Gasteiger partial charge on any atom is 0.513 e. The van der Waals surface area contributed by atoms with Crippen LogP contribution in [-0.2, 0) is 9.47 Å². The summed E-state index contributed by atoms with van der Waals surface area (Å²) in [6.07, 6.45) is 0.418. The monoisotopic (exact) mass is 238 g/mol. The molecule has 94 valence electrons. The van der Waals surface area contributed by atoms with Crippen molar-refractivity contribution in [3.05, 3.63) is 30.3 Å². The van der Waals surface area contributed by atoms with Gasteiger partial charge in [-0.3, -0.25) is 0 Å². The highest BCUT2D eigenvalue weighted by molar-refractivity contribution is 5.63. The van der Waals surface area contributed by atoms with Crippen molar-refractivity contribution in [3.63, 3.8) is 0 Å². The van der Waals surface area contributed by atoms with Crippen molar-refractivity contribution < 1.29 is 19.0 Å². The topological polar surface area (TPSA) is 44.8 Å². The molecule has 0 radical (unpaired) electrons. The van der Waals surface area contributed by atoms with Crippen molar-refractivity contribution in [1.29, 1.82) is 0 Å². The third kappa shape index (κ3) is 5.92. The van der Waals surface area contributed by atoms with Crippen molar-refractivity contribution in [2.45, 2.75) is 26.4 Å². The summed E-state index contributed by atoms with van der Waals surface area (Å²) in [5, 5.41) is 0. The molecule has 17 heavy (non-hydrogen) atoms. The van der Waals surface area contributed by atoms with E-state index in [2.05, 4.69) is 0 Å². The predicted molar refractivity (Wildman–Crippen MR) is 64.1 cm³/mol. The molecule has 1 unspecified atom stereocenters. The molecule has 0 saturated heterocycles. The summed E-state index contributed by atoms with van der Waals surface area (Å²) >= 11 is 0. The Labute approximate surface area is 101 Å². The Morgan fingerprint density at radius 2 is 1.94 bits per heavy atom. The Morgan fingerprint density at radius 3 is 2.59 bits per heavy atom. The smallest absolute Gasteiger partial charge is 0.432 e. The number of carbonyl (C=O) groups excluding carboxylic acids is 1. The maximum atomic E-state index is 11.2.